The maximum absolute atomic E-state index is 10.2. The number of carbonyl (C=O) groups is 1. The van der Waals surface area contributed by atoms with Crippen molar-refractivity contribution in [3.8, 4) is 0 Å². The van der Waals surface area contributed by atoms with Gasteiger partial charge in [0, 0.05) is 36.9 Å². The molecule has 67 valence electrons. The molecule has 2 amide bonds. The summed E-state index contributed by atoms with van der Waals surface area (Å²) in [4.78, 5) is 10.0. The summed E-state index contributed by atoms with van der Waals surface area (Å²) in [5.74, 6) is -0.425. The van der Waals surface area contributed by atoms with Gasteiger partial charge >= 0.3 is 0 Å². The zero-order valence-corrected chi connectivity index (χ0v) is 7.66. The standard InChI is InChI=1S/C2H4N2O3S.CH3.Tm/c5-2-3-1-8(6,7)4-2;;/h1H2,(H2,3,4,5);1H3;/q;-1;/p-1. The van der Waals surface area contributed by atoms with E-state index in [0.717, 1.165) is 0 Å². The first-order valence-electron chi connectivity index (χ1n) is 1.82. The van der Waals surface area contributed by atoms with Crippen molar-refractivity contribution in [2.75, 3.05) is 5.88 Å². The van der Waals surface area contributed by atoms with Crippen LogP contribution in [0, 0.1) is 44.3 Å². The minimum absolute atomic E-state index is 0. The average Bonchev–Trinajstić information content (AvgIpc) is 1.82. The molecule has 10 heavy (non-hydrogen) atoms. The van der Waals surface area contributed by atoms with Crippen molar-refractivity contribution in [2.24, 2.45) is 0 Å². The quantitative estimate of drug-likeness (QED) is 0.629. The van der Waals surface area contributed by atoms with Gasteiger partial charge in [-0.2, -0.15) is 0 Å². The van der Waals surface area contributed by atoms with Gasteiger partial charge in [-0.15, -0.1) is 0 Å². The summed E-state index contributed by atoms with van der Waals surface area (Å²) in [6.07, 6.45) is 0. The van der Waals surface area contributed by atoms with E-state index in [4.69, 9.17) is 0 Å². The van der Waals surface area contributed by atoms with Crippen LogP contribution in [-0.2, 0) is 10.0 Å². The third-order valence-electron chi connectivity index (χ3n) is 0.621. The second-order valence-electron chi connectivity index (χ2n) is 1.31. The predicted molar refractivity (Wildman–Crippen MR) is 32.1 cm³/mol. The number of rotatable bonds is 0. The fourth-order valence-corrected chi connectivity index (χ4v) is 1.02. The van der Waals surface area contributed by atoms with Crippen LogP contribution >= 0.6 is 0 Å². The molecule has 0 aromatic carbocycles. The van der Waals surface area contributed by atoms with Crippen molar-refractivity contribution < 1.29 is 50.1 Å². The van der Waals surface area contributed by atoms with Gasteiger partial charge in [0.25, 0.3) is 0 Å². The van der Waals surface area contributed by atoms with Gasteiger partial charge in [0.2, 0.25) is 0 Å². The number of carbonyl (C=O) groups excluding carboxylic acids is 1. The molecule has 0 aromatic heterocycles. The SMILES string of the molecule is O=C1[N-]CS(=O)(=O)N1.[CH3-].[Tm]. The Labute approximate surface area is 88.8 Å². The van der Waals surface area contributed by atoms with Gasteiger partial charge < -0.3 is 17.5 Å². The number of nitrogens with zero attached hydrogens (tertiary/aromatic N) is 1. The molecule has 0 atom stereocenters. The Kier molecular flexibility index (Phi) is 5.69. The smallest absolute Gasteiger partial charge is 0.172 e. The van der Waals surface area contributed by atoms with E-state index in [0.29, 0.717) is 0 Å². The van der Waals surface area contributed by atoms with E-state index in [1.165, 1.54) is 0 Å². The number of sulfonamides is 1. The summed E-state index contributed by atoms with van der Waals surface area (Å²) in [5, 5.41) is 3.05. The molecule has 0 aliphatic carbocycles. The molecule has 1 rings (SSSR count). The summed E-state index contributed by atoms with van der Waals surface area (Å²) in [7, 11) is -3.36. The Hall–Kier alpha value is 0.454. The first-order chi connectivity index (χ1) is 3.60. The second kappa shape index (κ2) is 4.36. The molecule has 1 aliphatic rings. The first-order valence-corrected chi connectivity index (χ1v) is 3.47. The Morgan fingerprint density at radius 1 is 1.50 bits per heavy atom. The van der Waals surface area contributed by atoms with Crippen LogP contribution < -0.4 is 4.72 Å². The summed E-state index contributed by atoms with van der Waals surface area (Å²) in [5.41, 5.74) is 0. The fourth-order valence-electron chi connectivity index (χ4n) is 0.341. The van der Waals surface area contributed by atoms with Gasteiger partial charge in [-0.1, -0.05) is 0 Å². The van der Waals surface area contributed by atoms with E-state index in [1.54, 1.807) is 4.72 Å². The maximum Gasteiger partial charge on any atom is 0.172 e. The van der Waals surface area contributed by atoms with E-state index in [9.17, 15) is 13.2 Å². The number of amides is 2. The molecule has 0 saturated carbocycles. The molecule has 1 heterocycles. The molecule has 0 unspecified atom stereocenters. The minimum Gasteiger partial charge on any atom is -0.415 e. The van der Waals surface area contributed by atoms with E-state index in [-0.39, 0.29) is 44.3 Å². The molecule has 5 nitrogen and oxygen atoms in total. The zero-order valence-electron chi connectivity index (χ0n) is 5.06. The van der Waals surface area contributed by atoms with Crippen molar-refractivity contribution in [1.29, 1.82) is 0 Å². The van der Waals surface area contributed by atoms with Crippen LogP contribution in [0.3, 0.4) is 0 Å². The van der Waals surface area contributed by atoms with E-state index in [1.807, 2.05) is 0 Å². The third kappa shape index (κ3) is 3.58. The van der Waals surface area contributed by atoms with Crippen LogP contribution in [0.4, 0.5) is 4.79 Å². The Bertz CT molecular complexity index is 212. The minimum atomic E-state index is -3.36. The van der Waals surface area contributed by atoms with Crippen LogP contribution in [0.5, 0.6) is 0 Å². The Morgan fingerprint density at radius 2 is 2.00 bits per heavy atom. The molecule has 0 spiro atoms. The molecular formula is C3H6N2O3STm-2. The van der Waals surface area contributed by atoms with Gasteiger partial charge in [0.05, 0.1) is 5.88 Å². The zero-order chi connectivity index (χ0) is 6.20. The predicted octanol–water partition coefficient (Wildman–Crippen LogP) is -0.179. The number of nitrogens with one attached hydrogen (secondary N) is 1. The molecule has 0 aromatic rings. The van der Waals surface area contributed by atoms with Crippen molar-refractivity contribution >= 4 is 16.1 Å². The maximum atomic E-state index is 10.2. The average molecular weight is 319 g/mol. The molecule has 1 fully saturated rings. The normalized spacial score (nSPS) is 19.4. The molecule has 1 N–H and O–H groups in total. The largest absolute Gasteiger partial charge is 0.415 e. The Balaban J connectivity index is 0. The van der Waals surface area contributed by atoms with Crippen molar-refractivity contribution in [3.63, 3.8) is 0 Å². The van der Waals surface area contributed by atoms with Crippen molar-refractivity contribution in [2.45, 2.75) is 0 Å². The number of hydrogen-bond donors (Lipinski definition) is 1. The van der Waals surface area contributed by atoms with E-state index >= 15 is 0 Å². The molecule has 1 saturated heterocycles. The third-order valence-corrected chi connectivity index (χ3v) is 1.58. The van der Waals surface area contributed by atoms with Crippen LogP contribution in [0.1, 0.15) is 0 Å². The van der Waals surface area contributed by atoms with Gasteiger partial charge in [-0.05, 0) is 0 Å². The summed E-state index contributed by atoms with van der Waals surface area (Å²) in [6, 6.07) is -0.773. The Morgan fingerprint density at radius 3 is 2.10 bits per heavy atom. The van der Waals surface area contributed by atoms with Crippen LogP contribution in [-0.4, -0.2) is 20.3 Å². The first kappa shape index (κ1) is 13.1. The second-order valence-corrected chi connectivity index (χ2v) is 3.00. The van der Waals surface area contributed by atoms with Crippen LogP contribution in [0.25, 0.3) is 5.32 Å². The van der Waals surface area contributed by atoms with Crippen LogP contribution in [0.2, 0.25) is 0 Å². The van der Waals surface area contributed by atoms with Gasteiger partial charge in [-0.25, -0.2) is 8.42 Å². The number of hydrogen-bond acceptors (Lipinski definition) is 3. The molecule has 0 bridgehead atoms. The topological polar surface area (TPSA) is 77.3 Å². The number of urea groups is 1. The van der Waals surface area contributed by atoms with Crippen molar-refractivity contribution in [3.05, 3.63) is 12.7 Å². The van der Waals surface area contributed by atoms with E-state index in [2.05, 4.69) is 5.32 Å². The monoisotopic (exact) mass is 319 g/mol. The fraction of sp³-hybridized carbons (Fsp3) is 0.333. The van der Waals surface area contributed by atoms with Gasteiger partial charge in [0.1, 0.15) is 0 Å². The van der Waals surface area contributed by atoms with Crippen LogP contribution in [0.15, 0.2) is 0 Å². The van der Waals surface area contributed by atoms with Gasteiger partial charge in [0.15, 0.2) is 16.1 Å². The summed E-state index contributed by atoms with van der Waals surface area (Å²) < 4.78 is 22.1. The molecule has 1 radical (unpaired) electrons. The van der Waals surface area contributed by atoms with Gasteiger partial charge in [-0.3, -0.25) is 4.79 Å². The van der Waals surface area contributed by atoms with Crippen molar-refractivity contribution in [1.82, 2.24) is 4.72 Å². The molecular weight excluding hydrogens is 313 g/mol. The summed E-state index contributed by atoms with van der Waals surface area (Å²) in [6.45, 7) is 0. The molecule has 1 aliphatic heterocycles. The van der Waals surface area contributed by atoms with E-state index < -0.39 is 21.9 Å². The molecule has 7 heteroatoms. The summed E-state index contributed by atoms with van der Waals surface area (Å²) >= 11 is 0.